The molecule has 0 aromatic heterocycles. The molecule has 1 atom stereocenters. The van der Waals surface area contributed by atoms with E-state index in [9.17, 15) is 9.59 Å². The monoisotopic (exact) mass is 573 g/mol. The Morgan fingerprint density at radius 1 is 1.05 bits per heavy atom. The van der Waals surface area contributed by atoms with Crippen LogP contribution in [-0.4, -0.2) is 39.0 Å². The predicted molar refractivity (Wildman–Crippen MR) is 163 cm³/mol. The molecule has 1 heterocycles. The number of hydrogen-bond donors (Lipinski definition) is 2. The maximum absolute atomic E-state index is 14.0. The number of allylic oxidation sites excluding steroid dienone is 1. The van der Waals surface area contributed by atoms with Crippen LogP contribution in [0, 0.1) is 5.41 Å². The van der Waals surface area contributed by atoms with Crippen LogP contribution >= 0.6 is 11.6 Å². The summed E-state index contributed by atoms with van der Waals surface area (Å²) >= 11 is 6.01. The summed E-state index contributed by atoms with van der Waals surface area (Å²) in [7, 11) is 3.23. The lowest BCUT2D eigenvalue weighted by Gasteiger charge is -2.38. The van der Waals surface area contributed by atoms with Crippen LogP contribution in [0.5, 0.6) is 11.5 Å². The number of ether oxygens (including phenoxy) is 2. The van der Waals surface area contributed by atoms with Crippen molar-refractivity contribution in [3.05, 3.63) is 94.1 Å². The Bertz CT molecular complexity index is 1480. The molecule has 1 amide bonds. The van der Waals surface area contributed by atoms with Crippen molar-refractivity contribution in [2.45, 2.75) is 39.2 Å². The van der Waals surface area contributed by atoms with Crippen LogP contribution in [0.1, 0.15) is 43.9 Å². The van der Waals surface area contributed by atoms with Gasteiger partial charge in [-0.15, -0.1) is 0 Å². The van der Waals surface area contributed by atoms with E-state index >= 15 is 0 Å². The topological polar surface area (TPSA) is 79.9 Å². The first-order valence-electron chi connectivity index (χ1n) is 13.8. The fraction of sp³-hybridized carbons (Fsp3) is 0.333. The van der Waals surface area contributed by atoms with E-state index in [1.54, 1.807) is 14.2 Å². The molecule has 0 bridgehead atoms. The lowest BCUT2D eigenvalue weighted by Crippen LogP contribution is -2.42. The average molecular weight is 574 g/mol. The van der Waals surface area contributed by atoms with Crippen molar-refractivity contribution < 1.29 is 19.1 Å². The number of rotatable bonds is 8. The van der Waals surface area contributed by atoms with Crippen molar-refractivity contribution >= 4 is 34.7 Å². The van der Waals surface area contributed by atoms with E-state index in [1.165, 1.54) is 0 Å². The third kappa shape index (κ3) is 6.20. The number of nitrogens with zero attached hydrogens (tertiary/aromatic N) is 1. The fourth-order valence-corrected chi connectivity index (χ4v) is 5.94. The van der Waals surface area contributed by atoms with Crippen molar-refractivity contribution in [3.8, 4) is 11.5 Å². The van der Waals surface area contributed by atoms with Gasteiger partial charge in [-0.05, 0) is 66.3 Å². The molecule has 41 heavy (non-hydrogen) atoms. The van der Waals surface area contributed by atoms with Gasteiger partial charge in [0, 0.05) is 34.8 Å². The van der Waals surface area contributed by atoms with Crippen LogP contribution in [0.2, 0.25) is 5.02 Å². The molecule has 214 valence electrons. The molecule has 2 N–H and O–H groups in total. The molecule has 0 fully saturated rings. The molecule has 0 saturated heterocycles. The second-order valence-corrected chi connectivity index (χ2v) is 11.8. The van der Waals surface area contributed by atoms with E-state index in [0.29, 0.717) is 47.9 Å². The van der Waals surface area contributed by atoms with Crippen molar-refractivity contribution in [2.75, 3.05) is 37.5 Å². The highest BCUT2D eigenvalue weighted by Crippen LogP contribution is 2.50. The zero-order valence-electron chi connectivity index (χ0n) is 23.9. The van der Waals surface area contributed by atoms with Gasteiger partial charge in [-0.3, -0.25) is 9.59 Å². The highest BCUT2D eigenvalue weighted by molar-refractivity contribution is 6.30. The molecule has 1 aliphatic heterocycles. The molecule has 2 aliphatic rings. The molecular formula is C33H36ClN3O4. The second-order valence-electron chi connectivity index (χ2n) is 11.3. The smallest absolute Gasteiger partial charge is 0.239 e. The minimum Gasteiger partial charge on any atom is -0.497 e. The molecule has 0 spiro atoms. The number of fused-ring (bicyclic) bond motifs is 1. The SMILES string of the molecule is COc1ccc(OC)c(C2C3=C(CC(C)(C)CC3=O)Nc3ccccc3N2CC(=O)NCCc2ccc(Cl)cc2)c1. The Hall–Kier alpha value is -3.97. The highest BCUT2D eigenvalue weighted by Gasteiger charge is 2.42. The Kier molecular flexibility index (Phi) is 8.27. The summed E-state index contributed by atoms with van der Waals surface area (Å²) in [6, 6.07) is 20.5. The van der Waals surface area contributed by atoms with Crippen LogP contribution in [0.25, 0.3) is 0 Å². The Morgan fingerprint density at radius 2 is 1.80 bits per heavy atom. The van der Waals surface area contributed by atoms with E-state index in [1.807, 2.05) is 71.6 Å². The number of halogens is 1. The lowest BCUT2D eigenvalue weighted by atomic mass is 9.73. The van der Waals surface area contributed by atoms with Gasteiger partial charge < -0.3 is 25.0 Å². The summed E-state index contributed by atoms with van der Waals surface area (Å²) in [5.41, 5.74) is 4.86. The molecule has 3 aromatic carbocycles. The maximum Gasteiger partial charge on any atom is 0.239 e. The van der Waals surface area contributed by atoms with Crippen molar-refractivity contribution in [3.63, 3.8) is 0 Å². The molecule has 1 aliphatic carbocycles. The normalized spacial score (nSPS) is 17.6. The fourth-order valence-electron chi connectivity index (χ4n) is 5.81. The van der Waals surface area contributed by atoms with Gasteiger partial charge in [-0.2, -0.15) is 0 Å². The standard InChI is InChI=1S/C33H36ClN3O4/c1-33(2)18-26-31(28(38)19-33)32(24-17-23(40-3)13-14-29(24)41-4)37(27-8-6-5-7-25(27)36-26)20-30(39)35-16-15-21-9-11-22(34)12-10-21/h5-14,17,32,36H,15-16,18-20H2,1-4H3,(H,35,39). The van der Waals surface area contributed by atoms with Crippen LogP contribution in [0.4, 0.5) is 11.4 Å². The quantitative estimate of drug-likeness (QED) is 0.328. The van der Waals surface area contributed by atoms with Gasteiger partial charge in [-0.25, -0.2) is 0 Å². The summed E-state index contributed by atoms with van der Waals surface area (Å²) < 4.78 is 11.4. The summed E-state index contributed by atoms with van der Waals surface area (Å²) in [6.45, 7) is 4.74. The van der Waals surface area contributed by atoms with E-state index in [0.717, 1.165) is 28.2 Å². The van der Waals surface area contributed by atoms with Gasteiger partial charge >= 0.3 is 0 Å². The van der Waals surface area contributed by atoms with Gasteiger partial charge in [0.05, 0.1) is 38.2 Å². The number of carbonyl (C=O) groups is 2. The number of Topliss-reactive ketones (excluding diaryl/α,β-unsaturated/α-hetero) is 1. The van der Waals surface area contributed by atoms with E-state index in [-0.39, 0.29) is 23.7 Å². The van der Waals surface area contributed by atoms with Crippen LogP contribution < -0.4 is 25.0 Å². The number of anilines is 2. The van der Waals surface area contributed by atoms with Crippen LogP contribution in [-0.2, 0) is 16.0 Å². The molecule has 8 heteroatoms. The first kappa shape index (κ1) is 28.6. The van der Waals surface area contributed by atoms with Gasteiger partial charge in [0.25, 0.3) is 0 Å². The molecule has 1 unspecified atom stereocenters. The van der Waals surface area contributed by atoms with Crippen molar-refractivity contribution in [1.82, 2.24) is 5.32 Å². The molecule has 0 radical (unpaired) electrons. The van der Waals surface area contributed by atoms with Gasteiger partial charge in [-0.1, -0.05) is 49.7 Å². The van der Waals surface area contributed by atoms with Gasteiger partial charge in [0.1, 0.15) is 11.5 Å². The summed E-state index contributed by atoms with van der Waals surface area (Å²) in [5.74, 6) is 1.17. The minimum absolute atomic E-state index is 0.0395. The van der Waals surface area contributed by atoms with Crippen molar-refractivity contribution in [1.29, 1.82) is 0 Å². The predicted octanol–water partition coefficient (Wildman–Crippen LogP) is 6.33. The molecule has 0 saturated carbocycles. The molecular weight excluding hydrogens is 538 g/mol. The van der Waals surface area contributed by atoms with Crippen LogP contribution in [0.3, 0.4) is 0 Å². The third-order valence-corrected chi connectivity index (χ3v) is 7.95. The maximum atomic E-state index is 14.0. The first-order valence-corrected chi connectivity index (χ1v) is 14.2. The number of nitrogens with one attached hydrogen (secondary N) is 2. The zero-order chi connectivity index (χ0) is 29.1. The number of ketones is 1. The summed E-state index contributed by atoms with van der Waals surface area (Å²) in [6.07, 6.45) is 1.79. The summed E-state index contributed by atoms with van der Waals surface area (Å²) in [4.78, 5) is 29.5. The van der Waals surface area contributed by atoms with Crippen LogP contribution in [0.15, 0.2) is 78.0 Å². The Balaban J connectivity index is 1.57. The van der Waals surface area contributed by atoms with Gasteiger partial charge in [0.15, 0.2) is 5.78 Å². The number of para-hydroxylation sites is 2. The average Bonchev–Trinajstić information content (AvgIpc) is 3.07. The number of methoxy groups -OCH3 is 2. The Morgan fingerprint density at radius 3 is 2.54 bits per heavy atom. The lowest BCUT2D eigenvalue weighted by molar-refractivity contribution is -0.120. The van der Waals surface area contributed by atoms with E-state index in [4.69, 9.17) is 21.1 Å². The molecule has 7 nitrogen and oxygen atoms in total. The second kappa shape index (κ2) is 11.9. The number of hydrogen-bond acceptors (Lipinski definition) is 6. The number of benzene rings is 3. The van der Waals surface area contributed by atoms with E-state index in [2.05, 4.69) is 24.5 Å². The Labute approximate surface area is 246 Å². The van der Waals surface area contributed by atoms with Crippen molar-refractivity contribution in [2.24, 2.45) is 5.41 Å². The van der Waals surface area contributed by atoms with E-state index < -0.39 is 6.04 Å². The van der Waals surface area contributed by atoms with Gasteiger partial charge in [0.2, 0.25) is 5.91 Å². The summed E-state index contributed by atoms with van der Waals surface area (Å²) in [5, 5.41) is 7.34. The minimum atomic E-state index is -0.572. The zero-order valence-corrected chi connectivity index (χ0v) is 24.7. The molecule has 3 aromatic rings. The number of amides is 1. The number of carbonyl (C=O) groups excluding carboxylic acids is 2. The molecule has 5 rings (SSSR count). The largest absolute Gasteiger partial charge is 0.497 e. The highest BCUT2D eigenvalue weighted by atomic mass is 35.5. The first-order chi connectivity index (χ1) is 19.7. The third-order valence-electron chi connectivity index (χ3n) is 7.70.